The molecule has 2 rings (SSSR count). The molecule has 0 aliphatic heterocycles. The molecule has 1 saturated carbocycles. The Bertz CT molecular complexity index is 360. The SMILES string of the molecule is CC1(C)CCC(Nc2cc(CN)ccn2)C1. The van der Waals surface area contributed by atoms with E-state index in [0.29, 0.717) is 18.0 Å². The fraction of sp³-hybridized carbons (Fsp3) is 0.615. The molecule has 3 heteroatoms. The molecule has 1 atom stereocenters. The molecule has 1 fully saturated rings. The fourth-order valence-corrected chi connectivity index (χ4v) is 2.45. The molecule has 1 unspecified atom stereocenters. The van der Waals surface area contributed by atoms with Crippen molar-refractivity contribution in [2.75, 3.05) is 5.32 Å². The van der Waals surface area contributed by atoms with Crippen molar-refractivity contribution in [2.45, 2.75) is 45.7 Å². The molecule has 1 aliphatic rings. The third-order valence-corrected chi connectivity index (χ3v) is 3.38. The summed E-state index contributed by atoms with van der Waals surface area (Å²) in [6.07, 6.45) is 5.58. The van der Waals surface area contributed by atoms with Gasteiger partial charge in [-0.25, -0.2) is 4.98 Å². The predicted molar refractivity (Wildman–Crippen MR) is 67.2 cm³/mol. The number of hydrogen-bond acceptors (Lipinski definition) is 3. The van der Waals surface area contributed by atoms with Crippen molar-refractivity contribution in [1.82, 2.24) is 4.98 Å². The second kappa shape index (κ2) is 4.42. The van der Waals surface area contributed by atoms with Crippen LogP contribution >= 0.6 is 0 Å². The molecule has 1 aliphatic carbocycles. The van der Waals surface area contributed by atoms with Crippen LogP contribution in [0.4, 0.5) is 5.82 Å². The van der Waals surface area contributed by atoms with Crippen molar-refractivity contribution >= 4 is 5.82 Å². The van der Waals surface area contributed by atoms with Crippen molar-refractivity contribution in [3.05, 3.63) is 23.9 Å². The Balaban J connectivity index is 1.99. The van der Waals surface area contributed by atoms with E-state index >= 15 is 0 Å². The average molecular weight is 219 g/mol. The van der Waals surface area contributed by atoms with Crippen LogP contribution in [0.15, 0.2) is 18.3 Å². The van der Waals surface area contributed by atoms with E-state index in [0.717, 1.165) is 11.4 Å². The van der Waals surface area contributed by atoms with Gasteiger partial charge in [0.15, 0.2) is 0 Å². The third-order valence-electron chi connectivity index (χ3n) is 3.38. The highest BCUT2D eigenvalue weighted by atomic mass is 15.0. The lowest BCUT2D eigenvalue weighted by molar-refractivity contribution is 0.378. The molecule has 0 saturated heterocycles. The number of hydrogen-bond donors (Lipinski definition) is 2. The van der Waals surface area contributed by atoms with E-state index in [-0.39, 0.29) is 0 Å². The van der Waals surface area contributed by atoms with Gasteiger partial charge in [0.2, 0.25) is 0 Å². The fourth-order valence-electron chi connectivity index (χ4n) is 2.45. The maximum absolute atomic E-state index is 5.61. The topological polar surface area (TPSA) is 50.9 Å². The van der Waals surface area contributed by atoms with E-state index in [1.165, 1.54) is 19.3 Å². The summed E-state index contributed by atoms with van der Waals surface area (Å²) in [5.41, 5.74) is 7.22. The summed E-state index contributed by atoms with van der Waals surface area (Å²) in [6.45, 7) is 5.24. The minimum Gasteiger partial charge on any atom is -0.367 e. The lowest BCUT2D eigenvalue weighted by atomic mass is 9.92. The Labute approximate surface area is 97.5 Å². The number of nitrogens with zero attached hydrogens (tertiary/aromatic N) is 1. The van der Waals surface area contributed by atoms with Gasteiger partial charge in [0, 0.05) is 18.8 Å². The summed E-state index contributed by atoms with van der Waals surface area (Å²) in [5, 5.41) is 3.50. The first-order valence-corrected chi connectivity index (χ1v) is 6.01. The summed E-state index contributed by atoms with van der Waals surface area (Å²) in [7, 11) is 0. The van der Waals surface area contributed by atoms with Crippen LogP contribution in [0.2, 0.25) is 0 Å². The Morgan fingerprint density at radius 3 is 3.00 bits per heavy atom. The smallest absolute Gasteiger partial charge is 0.126 e. The quantitative estimate of drug-likeness (QED) is 0.821. The summed E-state index contributed by atoms with van der Waals surface area (Å²) in [4.78, 5) is 4.33. The van der Waals surface area contributed by atoms with Gasteiger partial charge in [0.1, 0.15) is 5.82 Å². The summed E-state index contributed by atoms with van der Waals surface area (Å²) in [6, 6.07) is 4.57. The molecule has 16 heavy (non-hydrogen) atoms. The van der Waals surface area contributed by atoms with Crippen LogP contribution in [0.5, 0.6) is 0 Å². The average Bonchev–Trinajstić information content (AvgIpc) is 2.58. The van der Waals surface area contributed by atoms with Crippen LogP contribution in [0, 0.1) is 5.41 Å². The number of rotatable bonds is 3. The number of pyridine rings is 1. The van der Waals surface area contributed by atoms with E-state index < -0.39 is 0 Å². The van der Waals surface area contributed by atoms with Crippen molar-refractivity contribution in [3.8, 4) is 0 Å². The standard InChI is InChI=1S/C13H21N3/c1-13(2)5-3-11(8-13)16-12-7-10(9-14)4-6-15-12/h4,6-7,11H,3,5,8-9,14H2,1-2H3,(H,15,16). The first-order chi connectivity index (χ1) is 7.59. The van der Waals surface area contributed by atoms with Crippen molar-refractivity contribution < 1.29 is 0 Å². The van der Waals surface area contributed by atoms with Gasteiger partial charge in [0.25, 0.3) is 0 Å². The first kappa shape index (κ1) is 11.4. The number of nitrogens with two attached hydrogens (primary N) is 1. The molecule has 3 N–H and O–H groups in total. The zero-order chi connectivity index (χ0) is 11.6. The molecule has 3 nitrogen and oxygen atoms in total. The van der Waals surface area contributed by atoms with Gasteiger partial charge in [-0.2, -0.15) is 0 Å². The van der Waals surface area contributed by atoms with Crippen molar-refractivity contribution in [1.29, 1.82) is 0 Å². The number of aromatic nitrogens is 1. The maximum atomic E-state index is 5.61. The van der Waals surface area contributed by atoms with E-state index in [2.05, 4.69) is 24.1 Å². The van der Waals surface area contributed by atoms with Gasteiger partial charge in [0.05, 0.1) is 0 Å². The molecule has 1 heterocycles. The van der Waals surface area contributed by atoms with Crippen LogP contribution in [0.1, 0.15) is 38.7 Å². The zero-order valence-electron chi connectivity index (χ0n) is 10.2. The van der Waals surface area contributed by atoms with Crippen molar-refractivity contribution in [3.63, 3.8) is 0 Å². The predicted octanol–water partition coefficient (Wildman–Crippen LogP) is 2.53. The van der Waals surface area contributed by atoms with E-state index in [9.17, 15) is 0 Å². The van der Waals surface area contributed by atoms with Gasteiger partial charge in [-0.15, -0.1) is 0 Å². The third kappa shape index (κ3) is 2.73. The van der Waals surface area contributed by atoms with Crippen LogP contribution in [-0.4, -0.2) is 11.0 Å². The van der Waals surface area contributed by atoms with Crippen LogP contribution < -0.4 is 11.1 Å². The molecule has 0 bridgehead atoms. The number of nitrogens with one attached hydrogen (secondary N) is 1. The van der Waals surface area contributed by atoms with E-state index in [1.807, 2.05) is 18.3 Å². The monoisotopic (exact) mass is 219 g/mol. The lowest BCUT2D eigenvalue weighted by Gasteiger charge is -2.18. The molecular weight excluding hydrogens is 198 g/mol. The number of anilines is 1. The van der Waals surface area contributed by atoms with Gasteiger partial charge < -0.3 is 11.1 Å². The molecule has 0 spiro atoms. The van der Waals surface area contributed by atoms with Crippen LogP contribution in [0.3, 0.4) is 0 Å². The highest BCUT2D eigenvalue weighted by molar-refractivity contribution is 5.38. The van der Waals surface area contributed by atoms with Gasteiger partial charge in [-0.1, -0.05) is 13.8 Å². The van der Waals surface area contributed by atoms with Crippen LogP contribution in [0.25, 0.3) is 0 Å². The van der Waals surface area contributed by atoms with E-state index in [1.54, 1.807) is 0 Å². The lowest BCUT2D eigenvalue weighted by Crippen LogP contribution is -2.18. The van der Waals surface area contributed by atoms with Gasteiger partial charge in [-0.05, 0) is 42.4 Å². The Morgan fingerprint density at radius 1 is 1.56 bits per heavy atom. The highest BCUT2D eigenvalue weighted by Gasteiger charge is 2.30. The zero-order valence-corrected chi connectivity index (χ0v) is 10.2. The molecule has 1 aromatic rings. The minimum atomic E-state index is 0.475. The molecule has 0 amide bonds. The summed E-state index contributed by atoms with van der Waals surface area (Å²) >= 11 is 0. The van der Waals surface area contributed by atoms with Crippen LogP contribution in [-0.2, 0) is 6.54 Å². The van der Waals surface area contributed by atoms with Crippen molar-refractivity contribution in [2.24, 2.45) is 11.1 Å². The molecule has 1 aromatic heterocycles. The largest absolute Gasteiger partial charge is 0.367 e. The van der Waals surface area contributed by atoms with Gasteiger partial charge in [-0.3, -0.25) is 0 Å². The second-order valence-electron chi connectivity index (χ2n) is 5.50. The second-order valence-corrected chi connectivity index (χ2v) is 5.50. The Kier molecular flexibility index (Phi) is 3.15. The molecule has 0 radical (unpaired) electrons. The minimum absolute atomic E-state index is 0.475. The van der Waals surface area contributed by atoms with Gasteiger partial charge >= 0.3 is 0 Å². The molecule has 88 valence electrons. The Morgan fingerprint density at radius 2 is 2.38 bits per heavy atom. The highest BCUT2D eigenvalue weighted by Crippen LogP contribution is 2.38. The van der Waals surface area contributed by atoms with E-state index in [4.69, 9.17) is 5.73 Å². The maximum Gasteiger partial charge on any atom is 0.126 e. The summed E-state index contributed by atoms with van der Waals surface area (Å²) < 4.78 is 0. The normalized spacial score (nSPS) is 23.3. The summed E-state index contributed by atoms with van der Waals surface area (Å²) in [5.74, 6) is 0.964. The molecular formula is C13H21N3. The molecule has 0 aromatic carbocycles. The Hall–Kier alpha value is -1.09. The first-order valence-electron chi connectivity index (χ1n) is 6.01.